The number of ketones is 1. The molecule has 2 nitrogen and oxygen atoms in total. The number of alkyl halides is 6. The summed E-state index contributed by atoms with van der Waals surface area (Å²) in [5.74, 6) is -5.34. The van der Waals surface area contributed by atoms with Gasteiger partial charge in [-0.15, -0.1) is 0 Å². The number of allylic oxidation sites excluding steroid dienone is 2. The summed E-state index contributed by atoms with van der Waals surface area (Å²) in [5, 5.41) is 7.93. The van der Waals surface area contributed by atoms with Gasteiger partial charge < -0.3 is 5.11 Å². The van der Waals surface area contributed by atoms with Crippen LogP contribution in [0.15, 0.2) is 11.8 Å². The maximum absolute atomic E-state index is 11.4. The van der Waals surface area contributed by atoms with Crippen LogP contribution in [0.2, 0.25) is 0 Å². The zero-order valence-electron chi connectivity index (χ0n) is 6.05. The second-order valence-electron chi connectivity index (χ2n) is 1.89. The number of hydrogen-bond donors (Lipinski definition) is 1. The Hall–Kier alpha value is -0.691. The van der Waals surface area contributed by atoms with Gasteiger partial charge in [-0.3, -0.25) is 4.79 Å². The molecule has 0 aliphatic rings. The van der Waals surface area contributed by atoms with Crippen LogP contribution in [0, 0.1) is 0 Å². The molecule has 0 radical (unpaired) electrons. The summed E-state index contributed by atoms with van der Waals surface area (Å²) in [6.45, 7) is 0. The third-order valence-electron chi connectivity index (χ3n) is 0.838. The molecule has 1 N–H and O–H groups in total. The molecule has 0 aromatic rings. The summed E-state index contributed by atoms with van der Waals surface area (Å²) in [5.41, 5.74) is 0. The van der Waals surface area contributed by atoms with Crippen molar-refractivity contribution in [3.05, 3.63) is 11.8 Å². The molecular formula is C5H2F6FeO2. The largest absolute Gasteiger partial charge is 0.504 e. The molecule has 0 amide bonds. The monoisotopic (exact) mass is 264 g/mol. The van der Waals surface area contributed by atoms with Gasteiger partial charge in [0.1, 0.15) is 0 Å². The Kier molecular flexibility index (Phi) is 5.29. The van der Waals surface area contributed by atoms with Gasteiger partial charge in [-0.1, -0.05) is 0 Å². The van der Waals surface area contributed by atoms with E-state index in [1.54, 1.807) is 0 Å². The van der Waals surface area contributed by atoms with E-state index in [0.29, 0.717) is 0 Å². The Labute approximate surface area is 84.1 Å². The van der Waals surface area contributed by atoms with Crippen LogP contribution >= 0.6 is 0 Å². The van der Waals surface area contributed by atoms with E-state index >= 15 is 0 Å². The molecule has 0 aromatic carbocycles. The van der Waals surface area contributed by atoms with Crippen LogP contribution in [-0.2, 0) is 21.9 Å². The van der Waals surface area contributed by atoms with E-state index in [2.05, 4.69) is 0 Å². The van der Waals surface area contributed by atoms with E-state index < -0.39 is 30.0 Å². The third-order valence-corrected chi connectivity index (χ3v) is 0.838. The first-order chi connectivity index (χ1) is 5.55. The Bertz CT molecular complexity index is 240. The Morgan fingerprint density at radius 3 is 1.57 bits per heavy atom. The molecule has 14 heavy (non-hydrogen) atoms. The molecule has 0 atom stereocenters. The average Bonchev–Trinajstić information content (AvgIpc) is 1.82. The first kappa shape index (κ1) is 15.8. The van der Waals surface area contributed by atoms with Crippen molar-refractivity contribution in [2.24, 2.45) is 0 Å². The van der Waals surface area contributed by atoms with Gasteiger partial charge in [-0.2, -0.15) is 26.3 Å². The molecule has 0 saturated heterocycles. The summed E-state index contributed by atoms with van der Waals surface area (Å²) in [6.07, 6.45) is -11.7. The van der Waals surface area contributed by atoms with Gasteiger partial charge in [0.25, 0.3) is 5.78 Å². The van der Waals surface area contributed by atoms with Crippen molar-refractivity contribution in [1.82, 2.24) is 0 Å². The molecule has 0 unspecified atom stereocenters. The van der Waals surface area contributed by atoms with Gasteiger partial charge in [-0.05, 0) is 0 Å². The van der Waals surface area contributed by atoms with Crippen LogP contribution < -0.4 is 0 Å². The predicted molar refractivity (Wildman–Crippen MR) is 27.8 cm³/mol. The minimum atomic E-state index is -5.42. The zero-order chi connectivity index (χ0) is 10.9. The number of aliphatic hydroxyl groups is 1. The van der Waals surface area contributed by atoms with Crippen LogP contribution in [-0.4, -0.2) is 23.2 Å². The molecule has 9 heteroatoms. The van der Waals surface area contributed by atoms with Crippen molar-refractivity contribution in [3.8, 4) is 0 Å². The summed E-state index contributed by atoms with van der Waals surface area (Å²) < 4.78 is 68.1. The molecule has 0 fully saturated rings. The smallest absolute Gasteiger partial charge is 0.454 e. The number of rotatable bonds is 1. The van der Waals surface area contributed by atoms with Gasteiger partial charge >= 0.3 is 12.4 Å². The van der Waals surface area contributed by atoms with Crippen LogP contribution in [0.3, 0.4) is 0 Å². The van der Waals surface area contributed by atoms with Crippen LogP contribution in [0.25, 0.3) is 0 Å². The van der Waals surface area contributed by atoms with E-state index in [1.165, 1.54) is 0 Å². The summed E-state index contributed by atoms with van der Waals surface area (Å²) >= 11 is 0. The van der Waals surface area contributed by atoms with E-state index in [1.807, 2.05) is 0 Å². The molecule has 0 aromatic heterocycles. The third kappa shape index (κ3) is 5.13. The Morgan fingerprint density at radius 1 is 1.00 bits per heavy atom. The van der Waals surface area contributed by atoms with Gasteiger partial charge in [-0.25, -0.2) is 0 Å². The maximum atomic E-state index is 11.4. The summed E-state index contributed by atoms with van der Waals surface area (Å²) in [4.78, 5) is 9.86. The fourth-order valence-electron chi connectivity index (χ4n) is 0.288. The first-order valence-corrected chi connectivity index (χ1v) is 2.64. The van der Waals surface area contributed by atoms with Gasteiger partial charge in [0.2, 0.25) is 5.76 Å². The molecule has 0 rings (SSSR count). The van der Waals surface area contributed by atoms with Crippen LogP contribution in [0.1, 0.15) is 0 Å². The van der Waals surface area contributed by atoms with Crippen molar-refractivity contribution in [3.63, 3.8) is 0 Å². The minimum Gasteiger partial charge on any atom is -0.504 e. The first-order valence-electron chi connectivity index (χ1n) is 2.64. The minimum absolute atomic E-state index is 0. The Morgan fingerprint density at radius 2 is 1.36 bits per heavy atom. The summed E-state index contributed by atoms with van der Waals surface area (Å²) in [7, 11) is 0. The fraction of sp³-hybridized carbons (Fsp3) is 0.400. The maximum Gasteiger partial charge on any atom is 0.454 e. The van der Waals surface area contributed by atoms with Gasteiger partial charge in [0, 0.05) is 23.1 Å². The summed E-state index contributed by atoms with van der Waals surface area (Å²) in [6, 6.07) is 0. The average molecular weight is 264 g/mol. The standard InChI is InChI=1S/C5H2F6O2.Fe/c6-4(7,8)2(12)1-3(13)5(9,10)11;/h1,12H;/b2-1-;. The van der Waals surface area contributed by atoms with E-state index in [-0.39, 0.29) is 17.1 Å². The van der Waals surface area contributed by atoms with Crippen molar-refractivity contribution in [1.29, 1.82) is 0 Å². The second kappa shape index (κ2) is 4.70. The Balaban J connectivity index is 0. The second-order valence-corrected chi connectivity index (χ2v) is 1.89. The molecular weight excluding hydrogens is 262 g/mol. The van der Waals surface area contributed by atoms with E-state index in [0.717, 1.165) is 0 Å². The number of aliphatic hydroxyl groups excluding tert-OH is 1. The predicted octanol–water partition coefficient (Wildman–Crippen LogP) is 2.12. The molecule has 0 saturated carbocycles. The normalized spacial score (nSPS) is 13.4. The van der Waals surface area contributed by atoms with Crippen molar-refractivity contribution in [2.45, 2.75) is 12.4 Å². The SMILES string of the molecule is O=C(/C=C(\O)C(F)(F)F)C(F)(F)F.[Fe]. The molecule has 0 aliphatic heterocycles. The number of carbonyl (C=O) groups excluding carboxylic acids is 1. The van der Waals surface area contributed by atoms with Gasteiger partial charge in [0.05, 0.1) is 0 Å². The molecule has 0 bridgehead atoms. The quantitative estimate of drug-likeness (QED) is 0.341. The molecule has 0 heterocycles. The van der Waals surface area contributed by atoms with Crippen LogP contribution in [0.5, 0.6) is 0 Å². The van der Waals surface area contributed by atoms with Crippen molar-refractivity contribution >= 4 is 5.78 Å². The number of halogens is 6. The molecule has 84 valence electrons. The molecule has 0 spiro atoms. The number of hydrogen-bond acceptors (Lipinski definition) is 2. The van der Waals surface area contributed by atoms with Crippen molar-refractivity contribution < 1.29 is 53.3 Å². The number of carbonyl (C=O) groups is 1. The fourth-order valence-corrected chi connectivity index (χ4v) is 0.288. The zero-order valence-corrected chi connectivity index (χ0v) is 7.16. The molecule has 0 aliphatic carbocycles. The van der Waals surface area contributed by atoms with E-state index in [4.69, 9.17) is 5.11 Å². The van der Waals surface area contributed by atoms with E-state index in [9.17, 15) is 31.1 Å². The van der Waals surface area contributed by atoms with Crippen molar-refractivity contribution in [2.75, 3.05) is 0 Å². The van der Waals surface area contributed by atoms with Crippen LogP contribution in [0.4, 0.5) is 26.3 Å². The van der Waals surface area contributed by atoms with Gasteiger partial charge in [0.15, 0.2) is 0 Å². The topological polar surface area (TPSA) is 37.3 Å².